The molecule has 0 saturated carbocycles. The molecule has 6 nitrogen and oxygen atoms in total. The van der Waals surface area contributed by atoms with Gasteiger partial charge in [-0.15, -0.1) is 0 Å². The maximum atomic E-state index is 14.7. The van der Waals surface area contributed by atoms with Crippen molar-refractivity contribution in [3.05, 3.63) is 81.1 Å². The van der Waals surface area contributed by atoms with Gasteiger partial charge in [-0.25, -0.2) is 8.78 Å². The molecule has 2 unspecified atom stereocenters. The van der Waals surface area contributed by atoms with E-state index in [-0.39, 0.29) is 52.9 Å². The van der Waals surface area contributed by atoms with Crippen LogP contribution in [0, 0.1) is 17.6 Å². The van der Waals surface area contributed by atoms with Crippen molar-refractivity contribution in [3.8, 4) is 11.1 Å². The molecule has 2 atom stereocenters. The minimum atomic E-state index is -0.873. The van der Waals surface area contributed by atoms with Crippen molar-refractivity contribution < 1.29 is 18.4 Å². The first-order valence-electron chi connectivity index (χ1n) is 12.6. The number of carbonyl (C=O) groups is 2. The molecule has 39 heavy (non-hydrogen) atoms. The third kappa shape index (κ3) is 5.43. The van der Waals surface area contributed by atoms with Gasteiger partial charge in [0.1, 0.15) is 5.82 Å². The molecule has 0 spiro atoms. The van der Waals surface area contributed by atoms with Gasteiger partial charge in [-0.1, -0.05) is 24.9 Å². The summed E-state index contributed by atoms with van der Waals surface area (Å²) in [6, 6.07) is 9.19. The lowest BCUT2D eigenvalue weighted by Gasteiger charge is -2.34. The van der Waals surface area contributed by atoms with Crippen molar-refractivity contribution in [1.82, 2.24) is 9.88 Å². The summed E-state index contributed by atoms with van der Waals surface area (Å²) in [5, 5.41) is 2.82. The molecule has 1 aromatic heterocycles. The van der Waals surface area contributed by atoms with E-state index < -0.39 is 11.6 Å². The largest absolute Gasteiger partial charge is 0.398 e. The van der Waals surface area contributed by atoms with E-state index in [9.17, 15) is 18.4 Å². The minimum absolute atomic E-state index is 0.114. The summed E-state index contributed by atoms with van der Waals surface area (Å²) in [6.07, 6.45) is 5.05. The third-order valence-electron chi connectivity index (χ3n) is 7.33. The Balaban J connectivity index is 1.55. The Hall–Kier alpha value is -3.30. The average Bonchev–Trinajstić information content (AvgIpc) is 2.91. The van der Waals surface area contributed by atoms with Crippen LogP contribution in [0.3, 0.4) is 0 Å². The fourth-order valence-corrected chi connectivity index (χ4v) is 5.68. The Bertz CT molecular complexity index is 1510. The van der Waals surface area contributed by atoms with Gasteiger partial charge in [-0.05, 0) is 82.7 Å². The predicted molar refractivity (Wildman–Crippen MR) is 152 cm³/mol. The van der Waals surface area contributed by atoms with Gasteiger partial charge in [-0.3, -0.25) is 14.6 Å². The number of carbonyl (C=O) groups excluding carboxylic acids is 2. The topological polar surface area (TPSA) is 88.3 Å². The van der Waals surface area contributed by atoms with Gasteiger partial charge < -0.3 is 16.0 Å². The molecule has 2 aliphatic rings. The quantitative estimate of drug-likeness (QED) is 0.237. The van der Waals surface area contributed by atoms with E-state index in [2.05, 4.69) is 26.2 Å². The second-order valence-corrected chi connectivity index (χ2v) is 11.2. The van der Waals surface area contributed by atoms with E-state index in [0.717, 1.165) is 23.3 Å². The SMILES string of the molecule is CC1CCCC(N2CCC(c3c(F)ccc(Cl)c3F)=CC2=O)c2cc(ccn2)-c2cc(Br)c(N)cc2NC1=O. The number of hydrogen-bond acceptors (Lipinski definition) is 4. The molecule has 5 rings (SSSR count). The highest BCUT2D eigenvalue weighted by molar-refractivity contribution is 9.10. The first-order chi connectivity index (χ1) is 18.6. The van der Waals surface area contributed by atoms with Crippen molar-refractivity contribution in [2.24, 2.45) is 5.92 Å². The number of nitrogen functional groups attached to an aromatic ring is 1. The van der Waals surface area contributed by atoms with E-state index in [1.54, 1.807) is 17.2 Å². The summed E-state index contributed by atoms with van der Waals surface area (Å²) in [5.74, 6) is -2.38. The normalized spacial score (nSPS) is 19.9. The van der Waals surface area contributed by atoms with Gasteiger partial charge in [0.05, 0.1) is 28.0 Å². The van der Waals surface area contributed by atoms with Gasteiger partial charge in [0.15, 0.2) is 5.82 Å². The Morgan fingerprint density at radius 3 is 2.72 bits per heavy atom. The van der Waals surface area contributed by atoms with Gasteiger partial charge in [0.2, 0.25) is 11.8 Å². The summed E-state index contributed by atoms with van der Waals surface area (Å²) in [4.78, 5) is 32.7. The van der Waals surface area contributed by atoms with Crippen LogP contribution < -0.4 is 11.1 Å². The monoisotopic (exact) mass is 614 g/mol. The van der Waals surface area contributed by atoms with Crippen LogP contribution in [0.5, 0.6) is 0 Å². The highest BCUT2D eigenvalue weighted by Gasteiger charge is 2.31. The van der Waals surface area contributed by atoms with Crippen LogP contribution in [-0.2, 0) is 9.59 Å². The first-order valence-corrected chi connectivity index (χ1v) is 13.8. The van der Waals surface area contributed by atoms with Crippen LogP contribution in [0.1, 0.15) is 49.9 Å². The molecule has 2 bridgehead atoms. The number of fused-ring (bicyclic) bond motifs is 4. The summed E-state index contributed by atoms with van der Waals surface area (Å²) < 4.78 is 29.9. The molecular formula is C29H26BrClF2N4O2. The summed E-state index contributed by atoms with van der Waals surface area (Å²) in [7, 11) is 0. The average molecular weight is 616 g/mol. The molecule has 2 aliphatic heterocycles. The van der Waals surface area contributed by atoms with Crippen LogP contribution in [0.25, 0.3) is 16.7 Å². The number of nitrogens with two attached hydrogens (primary N) is 1. The maximum Gasteiger partial charge on any atom is 0.247 e. The number of halogens is 4. The van der Waals surface area contributed by atoms with Crippen molar-refractivity contribution in [3.63, 3.8) is 0 Å². The Morgan fingerprint density at radius 1 is 1.15 bits per heavy atom. The van der Waals surface area contributed by atoms with E-state index in [1.807, 2.05) is 25.1 Å². The smallest absolute Gasteiger partial charge is 0.247 e. The zero-order valence-electron chi connectivity index (χ0n) is 21.1. The van der Waals surface area contributed by atoms with Crippen molar-refractivity contribution in [1.29, 1.82) is 0 Å². The molecule has 3 N–H and O–H groups in total. The fourth-order valence-electron chi connectivity index (χ4n) is 5.18. The van der Waals surface area contributed by atoms with Gasteiger partial charge in [0.25, 0.3) is 0 Å². The molecule has 0 saturated heterocycles. The Kier molecular flexibility index (Phi) is 7.73. The van der Waals surface area contributed by atoms with Crippen LogP contribution in [0.15, 0.2) is 53.1 Å². The zero-order chi connectivity index (χ0) is 27.8. The number of pyridine rings is 1. The Labute approximate surface area is 238 Å². The molecule has 3 aromatic rings. The molecule has 10 heteroatoms. The first kappa shape index (κ1) is 27.3. The number of anilines is 2. The molecule has 0 fully saturated rings. The number of benzene rings is 2. The van der Waals surface area contributed by atoms with E-state index >= 15 is 0 Å². The minimum Gasteiger partial charge on any atom is -0.398 e. The predicted octanol–water partition coefficient (Wildman–Crippen LogP) is 7.14. The van der Waals surface area contributed by atoms with Gasteiger partial charge >= 0.3 is 0 Å². The van der Waals surface area contributed by atoms with Crippen LogP contribution >= 0.6 is 27.5 Å². The number of aromatic nitrogens is 1. The number of rotatable bonds is 2. The summed E-state index contributed by atoms with van der Waals surface area (Å²) in [5.41, 5.74) is 9.46. The van der Waals surface area contributed by atoms with Crippen LogP contribution in [0.4, 0.5) is 20.2 Å². The molecule has 2 amide bonds. The van der Waals surface area contributed by atoms with Crippen LogP contribution in [-0.4, -0.2) is 28.2 Å². The number of nitrogens with zero attached hydrogens (tertiary/aromatic N) is 2. The Morgan fingerprint density at radius 2 is 1.95 bits per heavy atom. The van der Waals surface area contributed by atoms with E-state index in [1.165, 1.54) is 6.08 Å². The van der Waals surface area contributed by atoms with Crippen molar-refractivity contribution >= 4 is 56.3 Å². The lowest BCUT2D eigenvalue weighted by molar-refractivity contribution is -0.129. The summed E-state index contributed by atoms with van der Waals surface area (Å²) in [6.45, 7) is 2.12. The standard InChI is InChI=1S/C29H26BrClF2N4O2/c1-15-3-2-4-25(37-10-8-17(12-26(37)38)27-21(32)6-5-20(31)28(27)33)24-11-16(7-9-35-24)18-13-19(30)22(34)14-23(18)36-29(15)39/h5-7,9,11-15,25H,2-4,8,10,34H2,1H3,(H,36,39). The zero-order valence-corrected chi connectivity index (χ0v) is 23.5. The molecule has 0 radical (unpaired) electrons. The maximum absolute atomic E-state index is 14.7. The van der Waals surface area contributed by atoms with Crippen molar-refractivity contribution in [2.75, 3.05) is 17.6 Å². The highest BCUT2D eigenvalue weighted by atomic mass is 79.9. The lowest BCUT2D eigenvalue weighted by Crippen LogP contribution is -2.38. The third-order valence-corrected chi connectivity index (χ3v) is 8.31. The van der Waals surface area contributed by atoms with Gasteiger partial charge in [-0.2, -0.15) is 0 Å². The molecule has 3 heterocycles. The number of hydrogen-bond donors (Lipinski definition) is 2. The summed E-state index contributed by atoms with van der Waals surface area (Å²) >= 11 is 9.36. The molecule has 2 aromatic carbocycles. The van der Waals surface area contributed by atoms with E-state index in [4.69, 9.17) is 17.3 Å². The number of amides is 2. The number of nitrogens with one attached hydrogen (secondary N) is 1. The van der Waals surface area contributed by atoms with Crippen molar-refractivity contribution in [2.45, 2.75) is 38.6 Å². The second kappa shape index (κ2) is 11.1. The molecule has 202 valence electrons. The second-order valence-electron chi connectivity index (χ2n) is 9.90. The fraction of sp³-hybridized carbons (Fsp3) is 0.276. The molecule has 0 aliphatic carbocycles. The molecular weight excluding hydrogens is 590 g/mol. The lowest BCUT2D eigenvalue weighted by atomic mass is 9.92. The highest BCUT2D eigenvalue weighted by Crippen LogP contribution is 2.39. The van der Waals surface area contributed by atoms with Crippen LogP contribution in [0.2, 0.25) is 5.02 Å². The van der Waals surface area contributed by atoms with E-state index in [0.29, 0.717) is 40.8 Å². The van der Waals surface area contributed by atoms with Gasteiger partial charge in [0, 0.05) is 40.5 Å².